The van der Waals surface area contributed by atoms with Crippen molar-refractivity contribution in [3.05, 3.63) is 0 Å². The first kappa shape index (κ1) is 20.8. The molecule has 0 aliphatic carbocycles. The van der Waals surface area contributed by atoms with E-state index in [1.807, 2.05) is 0 Å². The van der Waals surface area contributed by atoms with Gasteiger partial charge in [-0.1, -0.05) is 0 Å². The molecule has 1 heterocycles. The Labute approximate surface area is 144 Å². The van der Waals surface area contributed by atoms with Gasteiger partial charge in [0.25, 0.3) is 0 Å². The smallest absolute Gasteiger partial charge is 0.0590 e. The third kappa shape index (κ3) is 7.92. The van der Waals surface area contributed by atoms with Crippen molar-refractivity contribution in [3.8, 4) is 0 Å². The Hall–Kier alpha value is -2.24. The van der Waals surface area contributed by atoms with Gasteiger partial charge in [-0.25, -0.2) is 0 Å². The third-order valence-electron chi connectivity index (χ3n) is 3.92. The third-order valence-corrected chi connectivity index (χ3v) is 3.92. The van der Waals surface area contributed by atoms with Gasteiger partial charge in [0.2, 0.25) is 0 Å². The molecule has 0 saturated carbocycles. The quantitative estimate of drug-likeness (QED) is 0.404. The molecule has 0 spiro atoms. The summed E-state index contributed by atoms with van der Waals surface area (Å²) < 4.78 is 0. The van der Waals surface area contributed by atoms with Gasteiger partial charge in [-0.2, -0.15) is 0 Å². The van der Waals surface area contributed by atoms with E-state index < -0.39 is 49.4 Å². The molecule has 1 fully saturated rings. The van der Waals surface area contributed by atoms with Gasteiger partial charge >= 0.3 is 0 Å². The Balaban J connectivity index is 2.92. The standard InChI is InChI=1S/C14H23N3O8/c18-11(19)7-10(14(24)25)17-5-3-15(8-12(20)21)1-2-16(4-6-17)9-13(22)23/h10H,1-9H2,(H,18,19)(H,20,21)(H,22,23)(H,24,25)/p-4. The van der Waals surface area contributed by atoms with E-state index >= 15 is 0 Å². The van der Waals surface area contributed by atoms with Crippen molar-refractivity contribution in [2.24, 2.45) is 0 Å². The fourth-order valence-corrected chi connectivity index (χ4v) is 2.67. The number of hydrogen-bond donors (Lipinski definition) is 0. The van der Waals surface area contributed by atoms with Crippen LogP contribution in [0.1, 0.15) is 6.42 Å². The molecule has 0 radical (unpaired) electrons. The summed E-state index contributed by atoms with van der Waals surface area (Å²) in [5.41, 5.74) is 0. The second-order valence-corrected chi connectivity index (χ2v) is 5.74. The predicted octanol–water partition coefficient (Wildman–Crippen LogP) is -7.34. The van der Waals surface area contributed by atoms with Gasteiger partial charge in [-0.05, 0) is 0 Å². The number of carbonyl (C=O) groups excluding carboxylic acids is 4. The molecule has 0 amide bonds. The molecule has 1 atom stereocenters. The van der Waals surface area contributed by atoms with Crippen LogP contribution in [0, 0.1) is 0 Å². The zero-order valence-corrected chi connectivity index (χ0v) is 13.5. The maximum Gasteiger partial charge on any atom is 0.0590 e. The summed E-state index contributed by atoms with van der Waals surface area (Å²) in [6.07, 6.45) is -0.788. The molecule has 1 unspecified atom stereocenters. The van der Waals surface area contributed by atoms with E-state index in [4.69, 9.17) is 0 Å². The topological polar surface area (TPSA) is 170 Å². The summed E-state index contributed by atoms with van der Waals surface area (Å²) in [4.78, 5) is 47.9. The SMILES string of the molecule is O=C([O-])CC(C(=O)[O-])N1CCN(CC(=O)[O-])CCN(CC(=O)[O-])CC1. The lowest BCUT2D eigenvalue weighted by Crippen LogP contribution is -2.53. The Morgan fingerprint density at radius 3 is 1.40 bits per heavy atom. The van der Waals surface area contributed by atoms with E-state index in [-0.39, 0.29) is 39.3 Å². The van der Waals surface area contributed by atoms with E-state index in [0.717, 1.165) is 0 Å². The monoisotopic (exact) mass is 357 g/mol. The summed E-state index contributed by atoms with van der Waals surface area (Å²) in [6.45, 7) is 0.0504. The van der Waals surface area contributed by atoms with Gasteiger partial charge in [0.05, 0.1) is 23.9 Å². The maximum atomic E-state index is 11.3. The van der Waals surface area contributed by atoms with Gasteiger partial charge in [-0.15, -0.1) is 0 Å². The minimum Gasteiger partial charge on any atom is -0.550 e. The predicted molar refractivity (Wildman–Crippen MR) is 72.9 cm³/mol. The minimum absolute atomic E-state index is 0.0678. The number of hydrogen-bond acceptors (Lipinski definition) is 11. The lowest BCUT2D eigenvalue weighted by Gasteiger charge is -2.34. The zero-order chi connectivity index (χ0) is 19.0. The van der Waals surface area contributed by atoms with Gasteiger partial charge < -0.3 is 39.6 Å². The van der Waals surface area contributed by atoms with Crippen molar-refractivity contribution in [1.29, 1.82) is 0 Å². The molecule has 0 bridgehead atoms. The first-order chi connectivity index (χ1) is 11.7. The summed E-state index contributed by atoms with van der Waals surface area (Å²) in [5.74, 6) is -5.82. The molecule has 11 nitrogen and oxygen atoms in total. The highest BCUT2D eigenvalue weighted by atomic mass is 16.4. The molecular weight excluding hydrogens is 338 g/mol. The summed E-state index contributed by atoms with van der Waals surface area (Å²) in [7, 11) is 0. The average Bonchev–Trinajstić information content (AvgIpc) is 2.56. The van der Waals surface area contributed by atoms with Gasteiger partial charge in [0.15, 0.2) is 0 Å². The molecule has 0 aromatic rings. The van der Waals surface area contributed by atoms with Crippen LogP contribution in [-0.4, -0.2) is 97.0 Å². The lowest BCUT2D eigenvalue weighted by atomic mass is 10.1. The number of carboxylic acid groups (broad SMARTS) is 4. The first-order valence-electron chi connectivity index (χ1n) is 7.68. The van der Waals surface area contributed by atoms with Crippen molar-refractivity contribution >= 4 is 23.9 Å². The molecule has 1 saturated heterocycles. The summed E-state index contributed by atoms with van der Waals surface area (Å²) in [5, 5.41) is 43.6. The normalized spacial score (nSPS) is 19.4. The fourth-order valence-electron chi connectivity index (χ4n) is 2.67. The highest BCUT2D eigenvalue weighted by molar-refractivity contribution is 5.78. The maximum absolute atomic E-state index is 11.3. The Bertz CT molecular complexity index is 484. The highest BCUT2D eigenvalue weighted by Gasteiger charge is 2.23. The minimum atomic E-state index is -1.60. The Morgan fingerprint density at radius 2 is 1.08 bits per heavy atom. The molecule has 25 heavy (non-hydrogen) atoms. The first-order valence-corrected chi connectivity index (χ1v) is 7.68. The molecule has 1 rings (SSSR count). The molecule has 0 aromatic carbocycles. The molecule has 0 aromatic heterocycles. The molecule has 142 valence electrons. The summed E-state index contributed by atoms with van der Waals surface area (Å²) >= 11 is 0. The second kappa shape index (κ2) is 9.91. The van der Waals surface area contributed by atoms with Crippen molar-refractivity contribution < 1.29 is 39.6 Å². The Morgan fingerprint density at radius 1 is 0.680 bits per heavy atom. The zero-order valence-electron chi connectivity index (χ0n) is 13.5. The molecule has 1 aliphatic heterocycles. The molecular formula is C14H19N3O8-4. The molecule has 0 N–H and O–H groups in total. The Kier molecular flexibility index (Phi) is 8.25. The van der Waals surface area contributed by atoms with E-state index in [2.05, 4.69) is 0 Å². The average molecular weight is 357 g/mol. The number of carboxylic acids is 4. The van der Waals surface area contributed by atoms with E-state index in [1.54, 1.807) is 0 Å². The highest BCUT2D eigenvalue weighted by Crippen LogP contribution is 2.07. The number of aliphatic carboxylic acids is 4. The van der Waals surface area contributed by atoms with Crippen molar-refractivity contribution in [2.45, 2.75) is 12.5 Å². The van der Waals surface area contributed by atoms with E-state index in [9.17, 15) is 39.6 Å². The van der Waals surface area contributed by atoms with Gasteiger partial charge in [0, 0.05) is 64.7 Å². The van der Waals surface area contributed by atoms with Crippen LogP contribution in [0.25, 0.3) is 0 Å². The molecule has 1 aliphatic rings. The van der Waals surface area contributed by atoms with Crippen LogP contribution in [0.5, 0.6) is 0 Å². The van der Waals surface area contributed by atoms with Crippen LogP contribution in [0.2, 0.25) is 0 Å². The van der Waals surface area contributed by atoms with E-state index in [1.165, 1.54) is 14.7 Å². The number of nitrogens with zero attached hydrogens (tertiary/aromatic N) is 3. The number of carbonyl (C=O) groups is 4. The van der Waals surface area contributed by atoms with Crippen LogP contribution < -0.4 is 20.4 Å². The molecule has 11 heteroatoms. The lowest BCUT2D eigenvalue weighted by molar-refractivity contribution is -0.321. The van der Waals surface area contributed by atoms with Gasteiger partial charge in [0.1, 0.15) is 0 Å². The van der Waals surface area contributed by atoms with Crippen LogP contribution in [0.15, 0.2) is 0 Å². The van der Waals surface area contributed by atoms with Crippen LogP contribution >= 0.6 is 0 Å². The van der Waals surface area contributed by atoms with Crippen LogP contribution in [0.3, 0.4) is 0 Å². The number of rotatable bonds is 8. The second-order valence-electron chi connectivity index (χ2n) is 5.74. The fraction of sp³-hybridized carbons (Fsp3) is 0.714. The largest absolute Gasteiger partial charge is 0.550 e. The van der Waals surface area contributed by atoms with Crippen LogP contribution in [0.4, 0.5) is 0 Å². The van der Waals surface area contributed by atoms with Crippen LogP contribution in [-0.2, 0) is 19.2 Å². The van der Waals surface area contributed by atoms with E-state index in [0.29, 0.717) is 0 Å². The van der Waals surface area contributed by atoms with Crippen molar-refractivity contribution in [2.75, 3.05) is 52.4 Å². The van der Waals surface area contributed by atoms with Crippen molar-refractivity contribution in [3.63, 3.8) is 0 Å². The summed E-state index contributed by atoms with van der Waals surface area (Å²) in [6, 6.07) is -1.46. The van der Waals surface area contributed by atoms with Gasteiger partial charge in [-0.3, -0.25) is 14.7 Å². The van der Waals surface area contributed by atoms with Crippen molar-refractivity contribution in [1.82, 2.24) is 14.7 Å².